The number of H-pyrrole nitrogens is 1. The fourth-order valence-electron chi connectivity index (χ4n) is 1.86. The molecule has 0 aliphatic rings. The summed E-state index contributed by atoms with van der Waals surface area (Å²) in [5.41, 5.74) is -0.0519. The molecule has 21 heavy (non-hydrogen) atoms. The van der Waals surface area contributed by atoms with Crippen LogP contribution in [0.5, 0.6) is 0 Å². The van der Waals surface area contributed by atoms with Crippen molar-refractivity contribution >= 4 is 15.9 Å². The quantitative estimate of drug-likeness (QED) is 0.892. The van der Waals surface area contributed by atoms with Crippen molar-refractivity contribution in [1.29, 1.82) is 0 Å². The minimum atomic E-state index is -4.38. The van der Waals surface area contributed by atoms with Gasteiger partial charge in [-0.1, -0.05) is 25.5 Å². The van der Waals surface area contributed by atoms with E-state index in [1.54, 1.807) is 0 Å². The highest BCUT2D eigenvalue weighted by atomic mass is 79.9. The van der Waals surface area contributed by atoms with Crippen molar-refractivity contribution in [1.82, 2.24) is 9.97 Å². The Kier molecular flexibility index (Phi) is 4.51. The van der Waals surface area contributed by atoms with Crippen LogP contribution in [0.15, 0.2) is 33.5 Å². The van der Waals surface area contributed by atoms with Gasteiger partial charge in [0.05, 0.1) is 11.3 Å². The van der Waals surface area contributed by atoms with Gasteiger partial charge in [-0.3, -0.25) is 4.79 Å². The van der Waals surface area contributed by atoms with Gasteiger partial charge in [-0.2, -0.15) is 13.2 Å². The Bertz CT molecular complexity index is 693. The minimum Gasteiger partial charge on any atom is -0.306 e. The van der Waals surface area contributed by atoms with E-state index in [0.717, 1.165) is 18.6 Å². The summed E-state index contributed by atoms with van der Waals surface area (Å²) >= 11 is 3.17. The van der Waals surface area contributed by atoms with Crippen LogP contribution in [0, 0.1) is 0 Å². The van der Waals surface area contributed by atoms with Gasteiger partial charge in [0.2, 0.25) is 0 Å². The lowest BCUT2D eigenvalue weighted by atomic mass is 10.1. The Balaban J connectivity index is 2.45. The van der Waals surface area contributed by atoms with Gasteiger partial charge in [-0.25, -0.2) is 4.98 Å². The molecule has 0 saturated carbocycles. The molecule has 0 unspecified atom stereocenters. The summed E-state index contributed by atoms with van der Waals surface area (Å²) < 4.78 is 37.9. The van der Waals surface area contributed by atoms with Crippen molar-refractivity contribution in [3.05, 3.63) is 50.3 Å². The molecule has 112 valence electrons. The van der Waals surface area contributed by atoms with E-state index in [0.29, 0.717) is 22.2 Å². The Morgan fingerprint density at radius 2 is 1.86 bits per heavy atom. The van der Waals surface area contributed by atoms with Crippen LogP contribution in [0.4, 0.5) is 13.2 Å². The zero-order valence-corrected chi connectivity index (χ0v) is 12.7. The number of halogens is 4. The number of nitrogens with zero attached hydrogens (tertiary/aromatic N) is 1. The van der Waals surface area contributed by atoms with Crippen molar-refractivity contribution in [2.45, 2.75) is 25.9 Å². The van der Waals surface area contributed by atoms with Crippen LogP contribution < -0.4 is 5.56 Å². The fraction of sp³-hybridized carbons (Fsp3) is 0.286. The third kappa shape index (κ3) is 3.53. The van der Waals surface area contributed by atoms with Gasteiger partial charge in [0.15, 0.2) is 0 Å². The molecule has 0 radical (unpaired) electrons. The zero-order chi connectivity index (χ0) is 15.6. The van der Waals surface area contributed by atoms with Gasteiger partial charge < -0.3 is 4.98 Å². The maximum atomic E-state index is 12.5. The largest absolute Gasteiger partial charge is 0.416 e. The van der Waals surface area contributed by atoms with Gasteiger partial charge in [0.25, 0.3) is 5.56 Å². The van der Waals surface area contributed by atoms with Crippen molar-refractivity contribution in [2.75, 3.05) is 0 Å². The molecule has 3 nitrogen and oxygen atoms in total. The number of aromatic amines is 1. The van der Waals surface area contributed by atoms with Crippen LogP contribution in [0.1, 0.15) is 24.6 Å². The summed E-state index contributed by atoms with van der Waals surface area (Å²) in [4.78, 5) is 18.7. The number of nitrogens with one attached hydrogen (secondary N) is 1. The molecule has 0 atom stereocenters. The molecule has 1 aromatic carbocycles. The number of benzene rings is 1. The van der Waals surface area contributed by atoms with Crippen LogP contribution in [-0.4, -0.2) is 9.97 Å². The first-order valence-electron chi connectivity index (χ1n) is 6.29. The molecule has 0 bridgehead atoms. The topological polar surface area (TPSA) is 45.8 Å². The Hall–Kier alpha value is -1.63. The van der Waals surface area contributed by atoms with Crippen LogP contribution in [0.3, 0.4) is 0 Å². The fourth-order valence-corrected chi connectivity index (χ4v) is 2.25. The van der Waals surface area contributed by atoms with E-state index in [2.05, 4.69) is 25.9 Å². The van der Waals surface area contributed by atoms with E-state index < -0.39 is 11.7 Å². The van der Waals surface area contributed by atoms with Crippen molar-refractivity contribution in [2.24, 2.45) is 0 Å². The number of rotatable bonds is 3. The molecule has 0 spiro atoms. The van der Waals surface area contributed by atoms with Crippen LogP contribution >= 0.6 is 15.9 Å². The number of aryl methyl sites for hydroxylation is 1. The van der Waals surface area contributed by atoms with Crippen LogP contribution in [0.2, 0.25) is 0 Å². The predicted octanol–water partition coefficient (Wildman–Crippen LogP) is 4.17. The first-order chi connectivity index (χ1) is 9.82. The average molecular weight is 361 g/mol. The molecule has 2 rings (SSSR count). The average Bonchev–Trinajstić information content (AvgIpc) is 2.43. The van der Waals surface area contributed by atoms with Gasteiger partial charge >= 0.3 is 6.18 Å². The maximum Gasteiger partial charge on any atom is 0.416 e. The number of hydrogen-bond donors (Lipinski definition) is 1. The lowest BCUT2D eigenvalue weighted by Crippen LogP contribution is -2.13. The van der Waals surface area contributed by atoms with Crippen LogP contribution in [-0.2, 0) is 12.6 Å². The highest BCUT2D eigenvalue weighted by Gasteiger charge is 2.30. The summed E-state index contributed by atoms with van der Waals surface area (Å²) in [6.45, 7) is 1.95. The van der Waals surface area contributed by atoms with Gasteiger partial charge in [-0.15, -0.1) is 0 Å². The van der Waals surface area contributed by atoms with E-state index in [4.69, 9.17) is 0 Å². The standard InChI is InChI=1S/C14H12BrF3N2O/c1-2-3-10-11(15)13(21)20-12(19-10)8-4-6-9(7-5-8)14(16,17)18/h4-7H,2-3H2,1H3,(H,19,20,21). The minimum absolute atomic E-state index is 0.264. The summed E-state index contributed by atoms with van der Waals surface area (Å²) in [5.74, 6) is 0.264. The molecule has 1 heterocycles. The second-order valence-corrected chi connectivity index (χ2v) is 5.29. The number of alkyl halides is 3. The maximum absolute atomic E-state index is 12.5. The molecular formula is C14H12BrF3N2O. The van der Waals surface area contributed by atoms with Gasteiger partial charge in [0.1, 0.15) is 10.3 Å². The summed E-state index contributed by atoms with van der Waals surface area (Å²) in [6, 6.07) is 4.53. The third-order valence-electron chi connectivity index (χ3n) is 2.90. The molecule has 1 N–H and O–H groups in total. The summed E-state index contributed by atoms with van der Waals surface area (Å²) in [6.07, 6.45) is -2.97. The first-order valence-corrected chi connectivity index (χ1v) is 7.08. The first kappa shape index (κ1) is 15.8. The SMILES string of the molecule is CCCc1nc(-c2ccc(C(F)(F)F)cc2)[nH]c(=O)c1Br. The van der Waals surface area contributed by atoms with E-state index >= 15 is 0 Å². The van der Waals surface area contributed by atoms with Crippen molar-refractivity contribution in [3.8, 4) is 11.4 Å². The molecule has 0 saturated heterocycles. The van der Waals surface area contributed by atoms with Crippen molar-refractivity contribution < 1.29 is 13.2 Å². The monoisotopic (exact) mass is 360 g/mol. The highest BCUT2D eigenvalue weighted by Crippen LogP contribution is 2.30. The summed E-state index contributed by atoms with van der Waals surface area (Å²) in [7, 11) is 0. The normalized spacial score (nSPS) is 11.7. The van der Waals surface area contributed by atoms with Crippen molar-refractivity contribution in [3.63, 3.8) is 0 Å². The van der Waals surface area contributed by atoms with Crippen LogP contribution in [0.25, 0.3) is 11.4 Å². The van der Waals surface area contributed by atoms with Gasteiger partial charge in [-0.05, 0) is 34.5 Å². The number of aromatic nitrogens is 2. The smallest absolute Gasteiger partial charge is 0.306 e. The summed E-state index contributed by atoms with van der Waals surface area (Å²) in [5, 5.41) is 0. The Morgan fingerprint density at radius 3 is 2.38 bits per heavy atom. The zero-order valence-electron chi connectivity index (χ0n) is 11.1. The Labute approximate surface area is 127 Å². The highest BCUT2D eigenvalue weighted by molar-refractivity contribution is 9.10. The lowest BCUT2D eigenvalue weighted by Gasteiger charge is -2.09. The van der Waals surface area contributed by atoms with E-state index in [9.17, 15) is 18.0 Å². The molecule has 0 amide bonds. The lowest BCUT2D eigenvalue weighted by molar-refractivity contribution is -0.137. The molecule has 2 aromatic rings. The molecular weight excluding hydrogens is 349 g/mol. The number of hydrogen-bond acceptors (Lipinski definition) is 2. The van der Waals surface area contributed by atoms with E-state index in [1.807, 2.05) is 6.92 Å². The van der Waals surface area contributed by atoms with E-state index in [-0.39, 0.29) is 11.4 Å². The molecule has 0 aliphatic carbocycles. The second kappa shape index (κ2) is 6.01. The third-order valence-corrected chi connectivity index (χ3v) is 3.72. The molecule has 1 aromatic heterocycles. The molecule has 0 aliphatic heterocycles. The predicted molar refractivity (Wildman–Crippen MR) is 77.0 cm³/mol. The van der Waals surface area contributed by atoms with Gasteiger partial charge in [0, 0.05) is 5.56 Å². The molecule has 7 heteroatoms. The van der Waals surface area contributed by atoms with E-state index in [1.165, 1.54) is 12.1 Å². The Morgan fingerprint density at radius 1 is 1.24 bits per heavy atom. The second-order valence-electron chi connectivity index (χ2n) is 4.50. The molecule has 0 fully saturated rings.